The number of methoxy groups -OCH3 is 1. The second kappa shape index (κ2) is 9.74. The first-order valence-corrected chi connectivity index (χ1v) is 11.7. The Morgan fingerprint density at radius 2 is 1.85 bits per heavy atom. The van der Waals surface area contributed by atoms with Gasteiger partial charge < -0.3 is 14.1 Å². The van der Waals surface area contributed by atoms with Crippen LogP contribution in [0.3, 0.4) is 0 Å². The Labute approximate surface area is 193 Å². The first kappa shape index (κ1) is 21.6. The molecule has 1 atom stereocenters. The number of aromatic nitrogens is 4. The Morgan fingerprint density at radius 1 is 1.06 bits per heavy atom. The van der Waals surface area contributed by atoms with Crippen LogP contribution in [0.15, 0.2) is 47.1 Å². The van der Waals surface area contributed by atoms with Crippen LogP contribution in [0.4, 0.5) is 0 Å². The Hall–Kier alpha value is -3.20. The van der Waals surface area contributed by atoms with Crippen LogP contribution >= 0.6 is 0 Å². The van der Waals surface area contributed by atoms with E-state index in [9.17, 15) is 4.79 Å². The van der Waals surface area contributed by atoms with Gasteiger partial charge in [-0.15, -0.1) is 5.10 Å². The van der Waals surface area contributed by atoms with Gasteiger partial charge in [-0.3, -0.25) is 9.69 Å². The Morgan fingerprint density at radius 3 is 2.58 bits per heavy atom. The van der Waals surface area contributed by atoms with Crippen molar-refractivity contribution >= 4 is 5.91 Å². The molecular weight excluding hydrogens is 420 g/mol. The highest BCUT2D eigenvalue weighted by Crippen LogP contribution is 2.37. The van der Waals surface area contributed by atoms with Crippen LogP contribution in [-0.2, 0) is 0 Å². The van der Waals surface area contributed by atoms with Crippen molar-refractivity contribution in [2.75, 3.05) is 33.3 Å². The summed E-state index contributed by atoms with van der Waals surface area (Å²) in [5.74, 6) is 1.97. The van der Waals surface area contributed by atoms with Crippen LogP contribution in [0.5, 0.6) is 5.75 Å². The summed E-state index contributed by atoms with van der Waals surface area (Å²) in [6, 6.07) is 11.7. The first-order valence-electron chi connectivity index (χ1n) is 11.7. The number of carbonyl (C=O) groups excluding carboxylic acids is 1. The van der Waals surface area contributed by atoms with Gasteiger partial charge >= 0.3 is 0 Å². The van der Waals surface area contributed by atoms with E-state index in [0.29, 0.717) is 38.0 Å². The molecule has 3 aromatic rings. The van der Waals surface area contributed by atoms with Crippen molar-refractivity contribution < 1.29 is 13.9 Å². The number of rotatable bonds is 6. The van der Waals surface area contributed by atoms with Gasteiger partial charge in [0.2, 0.25) is 0 Å². The summed E-state index contributed by atoms with van der Waals surface area (Å²) >= 11 is 0. The minimum absolute atomic E-state index is 0.0690. The molecule has 1 aromatic carbocycles. The zero-order chi connectivity index (χ0) is 22.6. The predicted molar refractivity (Wildman–Crippen MR) is 121 cm³/mol. The number of furan rings is 1. The number of carbonyl (C=O) groups is 1. The highest BCUT2D eigenvalue weighted by molar-refractivity contribution is 5.91. The highest BCUT2D eigenvalue weighted by Gasteiger charge is 2.35. The van der Waals surface area contributed by atoms with Gasteiger partial charge in [0.05, 0.1) is 19.4 Å². The van der Waals surface area contributed by atoms with E-state index in [1.807, 2.05) is 27.8 Å². The van der Waals surface area contributed by atoms with Gasteiger partial charge in [-0.2, -0.15) is 0 Å². The molecule has 1 aliphatic carbocycles. The smallest absolute Gasteiger partial charge is 0.289 e. The molecule has 3 heterocycles. The molecule has 1 saturated carbocycles. The molecule has 0 radical (unpaired) electrons. The molecule has 9 heteroatoms. The van der Waals surface area contributed by atoms with Crippen LogP contribution in [0.1, 0.15) is 66.1 Å². The second-order valence-corrected chi connectivity index (χ2v) is 8.72. The lowest BCUT2D eigenvalue weighted by atomic mass is 9.95. The third-order valence-electron chi connectivity index (χ3n) is 6.82. The van der Waals surface area contributed by atoms with Crippen LogP contribution in [0.25, 0.3) is 0 Å². The molecule has 5 rings (SSSR count). The van der Waals surface area contributed by atoms with Crippen LogP contribution in [0, 0.1) is 0 Å². The first-order chi connectivity index (χ1) is 16.3. The van der Waals surface area contributed by atoms with Crippen molar-refractivity contribution in [2.24, 2.45) is 0 Å². The quantitative estimate of drug-likeness (QED) is 0.569. The highest BCUT2D eigenvalue weighted by atomic mass is 16.5. The SMILES string of the molecule is COc1ccccc1[C@@H](c1nnnn1C1CCCCC1)N1CCN(C(=O)c2ccco2)CC1. The van der Waals surface area contributed by atoms with Gasteiger partial charge in [0.1, 0.15) is 11.8 Å². The van der Waals surface area contributed by atoms with E-state index in [1.54, 1.807) is 19.2 Å². The maximum absolute atomic E-state index is 12.8. The molecule has 0 N–H and O–H groups in total. The molecule has 2 aromatic heterocycles. The molecule has 2 aliphatic rings. The number of nitrogens with zero attached hydrogens (tertiary/aromatic N) is 6. The normalized spacial score (nSPS) is 18.9. The van der Waals surface area contributed by atoms with Gasteiger partial charge in [-0.25, -0.2) is 4.68 Å². The Bertz CT molecular complexity index is 1050. The number of para-hydroxylation sites is 1. The lowest BCUT2D eigenvalue weighted by molar-refractivity contribution is 0.0555. The van der Waals surface area contributed by atoms with Crippen molar-refractivity contribution in [3.63, 3.8) is 0 Å². The summed E-state index contributed by atoms with van der Waals surface area (Å²) in [4.78, 5) is 17.0. The lowest BCUT2D eigenvalue weighted by Crippen LogP contribution is -2.50. The summed E-state index contributed by atoms with van der Waals surface area (Å²) in [7, 11) is 1.69. The maximum Gasteiger partial charge on any atom is 0.289 e. The topological polar surface area (TPSA) is 89.5 Å². The number of benzene rings is 1. The molecule has 9 nitrogen and oxygen atoms in total. The monoisotopic (exact) mass is 450 g/mol. The van der Waals surface area contributed by atoms with E-state index >= 15 is 0 Å². The third-order valence-corrected chi connectivity index (χ3v) is 6.82. The molecule has 33 heavy (non-hydrogen) atoms. The second-order valence-electron chi connectivity index (χ2n) is 8.72. The number of tetrazole rings is 1. The minimum Gasteiger partial charge on any atom is -0.496 e. The molecule has 0 spiro atoms. The fraction of sp³-hybridized carbons (Fsp3) is 0.500. The largest absolute Gasteiger partial charge is 0.496 e. The van der Waals surface area contributed by atoms with Crippen molar-refractivity contribution in [2.45, 2.75) is 44.2 Å². The minimum atomic E-state index is -0.154. The van der Waals surface area contributed by atoms with E-state index < -0.39 is 0 Å². The van der Waals surface area contributed by atoms with Gasteiger partial charge in [-0.1, -0.05) is 37.5 Å². The average molecular weight is 451 g/mol. The number of amides is 1. The maximum atomic E-state index is 12.8. The van der Waals surface area contributed by atoms with Crippen molar-refractivity contribution in [1.82, 2.24) is 30.0 Å². The fourth-order valence-corrected chi connectivity index (χ4v) is 5.10. The van der Waals surface area contributed by atoms with Gasteiger partial charge in [0.25, 0.3) is 5.91 Å². The van der Waals surface area contributed by atoms with Crippen LogP contribution < -0.4 is 4.74 Å². The fourth-order valence-electron chi connectivity index (χ4n) is 5.10. The lowest BCUT2D eigenvalue weighted by Gasteiger charge is -2.39. The molecule has 174 valence electrons. The molecule has 1 amide bonds. The van der Waals surface area contributed by atoms with Gasteiger partial charge in [0, 0.05) is 31.7 Å². The van der Waals surface area contributed by atoms with E-state index in [2.05, 4.69) is 26.5 Å². The van der Waals surface area contributed by atoms with Crippen molar-refractivity contribution in [3.8, 4) is 5.75 Å². The average Bonchev–Trinajstić information content (AvgIpc) is 3.58. The van der Waals surface area contributed by atoms with E-state index in [-0.39, 0.29) is 11.9 Å². The van der Waals surface area contributed by atoms with Crippen LogP contribution in [-0.4, -0.2) is 69.2 Å². The number of hydrogen-bond donors (Lipinski definition) is 0. The summed E-state index contributed by atoms with van der Waals surface area (Å²) in [6.07, 6.45) is 7.42. The molecule has 0 unspecified atom stereocenters. The van der Waals surface area contributed by atoms with Crippen LogP contribution in [0.2, 0.25) is 0 Å². The number of piperazine rings is 1. The molecule has 1 saturated heterocycles. The third kappa shape index (κ3) is 4.37. The molecule has 0 bridgehead atoms. The summed E-state index contributed by atoms with van der Waals surface area (Å²) in [6.45, 7) is 2.62. The van der Waals surface area contributed by atoms with Gasteiger partial charge in [0.15, 0.2) is 11.6 Å². The van der Waals surface area contributed by atoms with Crippen molar-refractivity contribution in [3.05, 3.63) is 59.8 Å². The number of ether oxygens (including phenoxy) is 1. The van der Waals surface area contributed by atoms with E-state index in [1.165, 1.54) is 25.5 Å². The Kier molecular flexibility index (Phi) is 6.39. The van der Waals surface area contributed by atoms with Gasteiger partial charge in [-0.05, 0) is 41.5 Å². The predicted octanol–water partition coefficient (Wildman–Crippen LogP) is 3.33. The van der Waals surface area contributed by atoms with E-state index in [4.69, 9.17) is 9.15 Å². The zero-order valence-electron chi connectivity index (χ0n) is 19.0. The number of hydrogen-bond acceptors (Lipinski definition) is 7. The van der Waals surface area contributed by atoms with Crippen molar-refractivity contribution in [1.29, 1.82) is 0 Å². The van der Waals surface area contributed by atoms with E-state index in [0.717, 1.165) is 30.0 Å². The molecule has 2 fully saturated rings. The molecular formula is C24H30N6O3. The summed E-state index contributed by atoms with van der Waals surface area (Å²) in [5, 5.41) is 13.0. The summed E-state index contributed by atoms with van der Waals surface area (Å²) < 4.78 is 13.1. The standard InChI is InChI=1S/C24H30N6O3/c1-32-20-11-6-5-10-19(20)22(23-25-26-27-30(23)18-8-3-2-4-9-18)28-13-15-29(16-14-28)24(31)21-12-7-17-33-21/h5-7,10-12,17-18,22H,2-4,8-9,13-16H2,1H3/t22-/m0/s1. The Balaban J connectivity index is 1.44. The summed E-state index contributed by atoms with van der Waals surface area (Å²) in [5.41, 5.74) is 1.04. The molecule has 1 aliphatic heterocycles. The zero-order valence-corrected chi connectivity index (χ0v) is 19.0.